The molecule has 1 atom stereocenters. The zero-order valence-electron chi connectivity index (χ0n) is 11.7. The van der Waals surface area contributed by atoms with Crippen molar-refractivity contribution in [2.75, 3.05) is 36.6 Å². The number of thioether (sulfide) groups is 1. The maximum atomic E-state index is 11.8. The number of amides is 1. The number of carbonyl (C=O) groups is 1. The average Bonchev–Trinajstić information content (AvgIpc) is 3.06. The van der Waals surface area contributed by atoms with E-state index in [0.717, 1.165) is 30.9 Å². The van der Waals surface area contributed by atoms with Crippen LogP contribution >= 0.6 is 24.2 Å². The summed E-state index contributed by atoms with van der Waals surface area (Å²) in [7, 11) is -2.96. The van der Waals surface area contributed by atoms with Crippen LogP contribution in [0.25, 0.3) is 0 Å². The highest BCUT2D eigenvalue weighted by molar-refractivity contribution is 7.99. The number of rotatable bonds is 6. The van der Waals surface area contributed by atoms with Gasteiger partial charge in [-0.05, 0) is 12.8 Å². The summed E-state index contributed by atoms with van der Waals surface area (Å²) in [5.41, 5.74) is -0.183. The molecule has 1 saturated carbocycles. The van der Waals surface area contributed by atoms with Gasteiger partial charge in [0, 0.05) is 48.7 Å². The smallest absolute Gasteiger partial charge is 0.221 e. The minimum Gasteiger partial charge on any atom is -0.355 e. The predicted octanol–water partition coefficient (Wildman–Crippen LogP) is 0.444. The highest BCUT2D eigenvalue weighted by Gasteiger charge is 2.45. The lowest BCUT2D eigenvalue weighted by molar-refractivity contribution is -0.121. The van der Waals surface area contributed by atoms with Crippen molar-refractivity contribution in [2.24, 2.45) is 5.41 Å². The molecular formula is C12H23ClN2O3S2. The Kier molecular flexibility index (Phi) is 6.63. The molecule has 2 fully saturated rings. The number of nitrogens with one attached hydrogen (secondary N) is 2. The number of sulfone groups is 1. The summed E-state index contributed by atoms with van der Waals surface area (Å²) >= 11 is 1.87. The molecule has 1 aliphatic heterocycles. The van der Waals surface area contributed by atoms with Crippen LogP contribution in [-0.2, 0) is 14.6 Å². The number of hydrogen-bond acceptors (Lipinski definition) is 5. The second-order valence-electron chi connectivity index (χ2n) is 5.78. The van der Waals surface area contributed by atoms with Gasteiger partial charge in [-0.3, -0.25) is 4.79 Å². The van der Waals surface area contributed by atoms with Crippen molar-refractivity contribution < 1.29 is 13.2 Å². The lowest BCUT2D eigenvalue weighted by atomic mass is 10.1. The fraction of sp³-hybridized carbons (Fsp3) is 0.917. The Bertz CT molecular complexity index is 432. The molecule has 1 unspecified atom stereocenters. The van der Waals surface area contributed by atoms with E-state index in [1.54, 1.807) is 0 Å². The molecule has 2 aliphatic rings. The van der Waals surface area contributed by atoms with Crippen LogP contribution in [0.5, 0.6) is 0 Å². The van der Waals surface area contributed by atoms with Gasteiger partial charge < -0.3 is 10.6 Å². The van der Waals surface area contributed by atoms with E-state index < -0.39 is 9.84 Å². The van der Waals surface area contributed by atoms with Crippen LogP contribution in [0.3, 0.4) is 0 Å². The van der Waals surface area contributed by atoms with E-state index in [1.807, 2.05) is 11.8 Å². The first-order valence-corrected chi connectivity index (χ1v) is 9.86. The van der Waals surface area contributed by atoms with Crippen molar-refractivity contribution in [1.82, 2.24) is 10.6 Å². The standard InChI is InChI=1S/C12H22N2O3S2.ClH/c1-19(16,17)9-12(2-3-12)8-14-11(15)6-10-7-18-5-4-13-10;/h10,13H,2-9H2,1H3,(H,14,15);1H. The first kappa shape index (κ1) is 18.1. The monoisotopic (exact) mass is 342 g/mol. The molecule has 0 radical (unpaired) electrons. The zero-order valence-corrected chi connectivity index (χ0v) is 14.1. The van der Waals surface area contributed by atoms with Gasteiger partial charge in [0.05, 0.1) is 5.75 Å². The Morgan fingerprint density at radius 1 is 1.45 bits per heavy atom. The van der Waals surface area contributed by atoms with Gasteiger partial charge in [-0.1, -0.05) is 0 Å². The third-order valence-electron chi connectivity index (χ3n) is 3.62. The molecule has 118 valence electrons. The highest BCUT2D eigenvalue weighted by atomic mass is 35.5. The van der Waals surface area contributed by atoms with Gasteiger partial charge in [0.25, 0.3) is 0 Å². The summed E-state index contributed by atoms with van der Waals surface area (Å²) in [6.45, 7) is 1.46. The molecule has 0 aromatic heterocycles. The maximum Gasteiger partial charge on any atom is 0.221 e. The molecule has 20 heavy (non-hydrogen) atoms. The summed E-state index contributed by atoms with van der Waals surface area (Å²) in [4.78, 5) is 11.8. The van der Waals surface area contributed by atoms with Crippen LogP contribution in [0.1, 0.15) is 19.3 Å². The van der Waals surface area contributed by atoms with Crippen LogP contribution in [0, 0.1) is 5.41 Å². The van der Waals surface area contributed by atoms with Crippen LogP contribution in [0.4, 0.5) is 0 Å². The van der Waals surface area contributed by atoms with E-state index in [2.05, 4.69) is 10.6 Å². The minimum absolute atomic E-state index is 0. The lowest BCUT2D eigenvalue weighted by Gasteiger charge is -2.23. The quantitative estimate of drug-likeness (QED) is 0.733. The topological polar surface area (TPSA) is 75.3 Å². The largest absolute Gasteiger partial charge is 0.355 e. The molecule has 2 rings (SSSR count). The summed E-state index contributed by atoms with van der Waals surface area (Å²) < 4.78 is 22.6. The van der Waals surface area contributed by atoms with Gasteiger partial charge in [-0.25, -0.2) is 8.42 Å². The molecule has 1 saturated heterocycles. The Morgan fingerprint density at radius 3 is 2.65 bits per heavy atom. The highest BCUT2D eigenvalue weighted by Crippen LogP contribution is 2.46. The van der Waals surface area contributed by atoms with Crippen LogP contribution in [-0.4, -0.2) is 57.0 Å². The minimum atomic E-state index is -2.96. The van der Waals surface area contributed by atoms with Crippen LogP contribution < -0.4 is 10.6 Å². The van der Waals surface area contributed by atoms with Gasteiger partial charge in [-0.2, -0.15) is 11.8 Å². The number of halogens is 1. The number of carbonyl (C=O) groups excluding carboxylic acids is 1. The second kappa shape index (κ2) is 7.33. The van der Waals surface area contributed by atoms with Gasteiger partial charge in [-0.15, -0.1) is 12.4 Å². The van der Waals surface area contributed by atoms with Crippen LogP contribution in [0.15, 0.2) is 0 Å². The molecule has 8 heteroatoms. The van der Waals surface area contributed by atoms with Crippen molar-refractivity contribution in [3.8, 4) is 0 Å². The molecule has 1 heterocycles. The lowest BCUT2D eigenvalue weighted by Crippen LogP contribution is -2.42. The Hall–Kier alpha value is 0.0200. The molecule has 0 aromatic carbocycles. The van der Waals surface area contributed by atoms with Crippen molar-refractivity contribution >= 4 is 39.9 Å². The maximum absolute atomic E-state index is 11.8. The molecule has 1 aliphatic carbocycles. The molecule has 1 amide bonds. The fourth-order valence-electron chi connectivity index (χ4n) is 2.44. The summed E-state index contributed by atoms with van der Waals surface area (Å²) in [5, 5.41) is 6.23. The molecule has 5 nitrogen and oxygen atoms in total. The summed E-state index contributed by atoms with van der Waals surface area (Å²) in [5.74, 6) is 2.30. The Morgan fingerprint density at radius 2 is 2.15 bits per heavy atom. The van der Waals surface area contributed by atoms with Crippen molar-refractivity contribution in [1.29, 1.82) is 0 Å². The van der Waals surface area contributed by atoms with E-state index in [-0.39, 0.29) is 35.5 Å². The summed E-state index contributed by atoms with van der Waals surface area (Å²) in [6, 6.07) is 0.254. The van der Waals surface area contributed by atoms with E-state index in [9.17, 15) is 13.2 Å². The third-order valence-corrected chi connectivity index (χ3v) is 5.88. The first-order valence-electron chi connectivity index (χ1n) is 6.64. The Labute approximate surface area is 131 Å². The second-order valence-corrected chi connectivity index (χ2v) is 9.07. The molecular weight excluding hydrogens is 320 g/mol. The Balaban J connectivity index is 0.00000200. The average molecular weight is 343 g/mol. The van der Waals surface area contributed by atoms with E-state index >= 15 is 0 Å². The van der Waals surface area contributed by atoms with Crippen molar-refractivity contribution in [3.05, 3.63) is 0 Å². The normalized spacial score (nSPS) is 24.6. The first-order chi connectivity index (χ1) is 8.89. The van der Waals surface area contributed by atoms with Crippen molar-refractivity contribution in [3.63, 3.8) is 0 Å². The van der Waals surface area contributed by atoms with E-state index in [1.165, 1.54) is 6.26 Å². The molecule has 0 aromatic rings. The summed E-state index contributed by atoms with van der Waals surface area (Å²) in [6.07, 6.45) is 3.55. The molecule has 0 spiro atoms. The van der Waals surface area contributed by atoms with Crippen molar-refractivity contribution in [2.45, 2.75) is 25.3 Å². The molecule has 0 bridgehead atoms. The van der Waals surface area contributed by atoms with Gasteiger partial charge in [0.1, 0.15) is 9.84 Å². The van der Waals surface area contributed by atoms with Gasteiger partial charge in [0.2, 0.25) is 5.91 Å². The zero-order chi connectivity index (χ0) is 13.9. The predicted molar refractivity (Wildman–Crippen MR) is 85.4 cm³/mol. The van der Waals surface area contributed by atoms with E-state index in [4.69, 9.17) is 0 Å². The number of hydrogen-bond donors (Lipinski definition) is 2. The van der Waals surface area contributed by atoms with Crippen LogP contribution in [0.2, 0.25) is 0 Å². The SMILES string of the molecule is CS(=O)(=O)CC1(CNC(=O)CC2CSCCN2)CC1.Cl. The molecule has 2 N–H and O–H groups in total. The van der Waals surface area contributed by atoms with E-state index in [0.29, 0.717) is 13.0 Å². The fourth-order valence-corrected chi connectivity index (χ4v) is 4.89. The van der Waals surface area contributed by atoms with Gasteiger partial charge >= 0.3 is 0 Å². The van der Waals surface area contributed by atoms with Gasteiger partial charge in [0.15, 0.2) is 0 Å². The third kappa shape index (κ3) is 6.20.